The van der Waals surface area contributed by atoms with Gasteiger partial charge in [0.15, 0.2) is 16.4 Å². The van der Waals surface area contributed by atoms with E-state index in [1.54, 1.807) is 32.0 Å². The van der Waals surface area contributed by atoms with Gasteiger partial charge in [-0.1, -0.05) is 24.8 Å². The molecule has 3 aliphatic rings. The summed E-state index contributed by atoms with van der Waals surface area (Å²) in [6.07, 6.45) is -0.110. The first-order chi connectivity index (χ1) is 18.0. The summed E-state index contributed by atoms with van der Waals surface area (Å²) in [6, 6.07) is 6.56. The number of carbonyl (C=O) groups is 4. The number of fused-ring (bicyclic) bond motifs is 2. The quantitative estimate of drug-likeness (QED) is 0.483. The number of ether oxygens (including phenoxy) is 4. The zero-order chi connectivity index (χ0) is 27.8. The normalized spacial score (nSPS) is 30.2. The standard InChI is InChI=1S/C25H29N3O8S2/c1-14-21(31)28-20(15-6-7-16-17(8-15)36-13-35-16)24(2,12-26)11-25(28,38-19(30)10-34-5)23(32)27(3)22(14)37-18(29)9-33-4/h6-8,14,20,22H,9-11,13H2,1-5H3/t14-,20?,22?,24-,25?/m1/s1. The summed E-state index contributed by atoms with van der Waals surface area (Å²) in [4.78, 5) is 55.1. The summed E-state index contributed by atoms with van der Waals surface area (Å²) in [5.74, 6) is -0.851. The summed E-state index contributed by atoms with van der Waals surface area (Å²) < 4.78 is 20.9. The largest absolute Gasteiger partial charge is 0.454 e. The molecule has 0 aliphatic carbocycles. The van der Waals surface area contributed by atoms with Crippen molar-refractivity contribution in [3.8, 4) is 17.6 Å². The van der Waals surface area contributed by atoms with E-state index in [9.17, 15) is 24.4 Å². The predicted octanol–water partition coefficient (Wildman–Crippen LogP) is 2.16. The maximum atomic E-state index is 14.3. The molecule has 1 aromatic rings. The summed E-state index contributed by atoms with van der Waals surface area (Å²) in [7, 11) is 4.25. The first kappa shape index (κ1) is 28.2. The molecule has 0 aromatic heterocycles. The first-order valence-corrected chi connectivity index (χ1v) is 13.5. The van der Waals surface area contributed by atoms with Crippen LogP contribution >= 0.6 is 23.5 Å². The van der Waals surface area contributed by atoms with Crippen molar-refractivity contribution in [3.05, 3.63) is 23.8 Å². The molecule has 1 aromatic carbocycles. The monoisotopic (exact) mass is 563 g/mol. The van der Waals surface area contributed by atoms with Crippen molar-refractivity contribution in [1.82, 2.24) is 9.80 Å². The van der Waals surface area contributed by atoms with Gasteiger partial charge in [-0.25, -0.2) is 0 Å². The molecule has 2 saturated heterocycles. The molecule has 3 unspecified atom stereocenters. The van der Waals surface area contributed by atoms with Crippen LogP contribution in [-0.2, 0) is 28.7 Å². The lowest BCUT2D eigenvalue weighted by Crippen LogP contribution is -2.54. The summed E-state index contributed by atoms with van der Waals surface area (Å²) in [6.45, 7) is 2.89. The third-order valence-corrected chi connectivity index (χ3v) is 9.52. The van der Waals surface area contributed by atoms with Gasteiger partial charge in [0.25, 0.3) is 5.91 Å². The minimum atomic E-state index is -1.74. The van der Waals surface area contributed by atoms with Crippen LogP contribution in [0, 0.1) is 22.7 Å². The Labute approximate surface area is 229 Å². The molecule has 13 heteroatoms. The lowest BCUT2D eigenvalue weighted by Gasteiger charge is -2.38. The molecular weight excluding hydrogens is 534 g/mol. The van der Waals surface area contributed by atoms with Gasteiger partial charge in [-0.3, -0.25) is 19.2 Å². The Kier molecular flexibility index (Phi) is 7.99. The maximum Gasteiger partial charge on any atom is 0.260 e. The second kappa shape index (κ2) is 10.8. The number of methoxy groups -OCH3 is 2. The predicted molar refractivity (Wildman–Crippen MR) is 138 cm³/mol. The van der Waals surface area contributed by atoms with E-state index in [0.29, 0.717) is 28.8 Å². The third-order valence-electron chi connectivity index (χ3n) is 6.98. The van der Waals surface area contributed by atoms with Crippen molar-refractivity contribution in [3.63, 3.8) is 0 Å². The van der Waals surface area contributed by atoms with Crippen LogP contribution < -0.4 is 9.47 Å². The highest BCUT2D eigenvalue weighted by molar-refractivity contribution is 8.15. The highest BCUT2D eigenvalue weighted by atomic mass is 32.2. The Bertz CT molecular complexity index is 1210. The van der Waals surface area contributed by atoms with Crippen LogP contribution in [0.1, 0.15) is 31.9 Å². The molecule has 204 valence electrons. The Balaban J connectivity index is 1.89. The van der Waals surface area contributed by atoms with Crippen LogP contribution in [0.5, 0.6) is 11.5 Å². The van der Waals surface area contributed by atoms with Gasteiger partial charge >= 0.3 is 0 Å². The van der Waals surface area contributed by atoms with Crippen LogP contribution in [0.2, 0.25) is 0 Å². The van der Waals surface area contributed by atoms with Crippen molar-refractivity contribution < 1.29 is 38.1 Å². The molecule has 0 radical (unpaired) electrons. The number of rotatable bonds is 7. The maximum absolute atomic E-state index is 14.3. The third kappa shape index (κ3) is 4.64. The van der Waals surface area contributed by atoms with Crippen LogP contribution in [0.4, 0.5) is 0 Å². The number of nitriles is 1. The minimum absolute atomic E-state index is 0.0433. The van der Waals surface area contributed by atoms with Gasteiger partial charge in [0, 0.05) is 27.7 Å². The molecule has 11 nitrogen and oxygen atoms in total. The number of nitrogens with zero attached hydrogens (tertiary/aromatic N) is 3. The van der Waals surface area contributed by atoms with Gasteiger partial charge in [-0.2, -0.15) is 5.26 Å². The van der Waals surface area contributed by atoms with Crippen molar-refractivity contribution >= 4 is 45.6 Å². The molecule has 38 heavy (non-hydrogen) atoms. The smallest absolute Gasteiger partial charge is 0.260 e. The average Bonchev–Trinajstić information content (AvgIpc) is 3.44. The van der Waals surface area contributed by atoms with Crippen LogP contribution in [-0.4, -0.2) is 83.4 Å². The highest BCUT2D eigenvalue weighted by Crippen LogP contribution is 2.61. The van der Waals surface area contributed by atoms with Crippen molar-refractivity contribution in [2.75, 3.05) is 41.3 Å². The van der Waals surface area contributed by atoms with Crippen molar-refractivity contribution in [2.45, 2.75) is 36.6 Å². The Hall–Kier alpha value is -2.79. The molecule has 3 heterocycles. The fourth-order valence-electron chi connectivity index (χ4n) is 5.36. The summed E-state index contributed by atoms with van der Waals surface area (Å²) >= 11 is 1.53. The van der Waals surface area contributed by atoms with E-state index in [1.807, 2.05) is 0 Å². The lowest BCUT2D eigenvalue weighted by atomic mass is 9.79. The Morgan fingerprint density at radius 1 is 1.16 bits per heavy atom. The molecule has 0 bridgehead atoms. The van der Waals surface area contributed by atoms with E-state index >= 15 is 0 Å². The second-order valence-corrected chi connectivity index (χ2v) is 12.1. The van der Waals surface area contributed by atoms with Crippen molar-refractivity contribution in [1.29, 1.82) is 5.26 Å². The lowest BCUT2D eigenvalue weighted by molar-refractivity contribution is -0.144. The fourth-order valence-corrected chi connectivity index (χ4v) is 7.84. The second-order valence-electron chi connectivity index (χ2n) is 9.64. The number of carbonyl (C=O) groups excluding carboxylic acids is 4. The molecule has 5 atom stereocenters. The summed E-state index contributed by atoms with van der Waals surface area (Å²) in [5.41, 5.74) is -0.677. The van der Waals surface area contributed by atoms with E-state index in [-0.39, 0.29) is 31.5 Å². The first-order valence-electron chi connectivity index (χ1n) is 11.8. The molecular formula is C25H29N3O8S2. The molecule has 2 amide bonds. The van der Waals surface area contributed by atoms with Crippen LogP contribution in [0.25, 0.3) is 0 Å². The van der Waals surface area contributed by atoms with Gasteiger partial charge in [-0.05, 0) is 36.4 Å². The van der Waals surface area contributed by atoms with Crippen LogP contribution in [0.15, 0.2) is 18.2 Å². The highest BCUT2D eigenvalue weighted by Gasteiger charge is 2.68. The number of thioether (sulfide) groups is 2. The van der Waals surface area contributed by atoms with E-state index in [0.717, 1.165) is 11.8 Å². The molecule has 0 N–H and O–H groups in total. The van der Waals surface area contributed by atoms with Crippen molar-refractivity contribution in [2.24, 2.45) is 11.3 Å². The topological polar surface area (TPSA) is 135 Å². The van der Waals surface area contributed by atoms with Gasteiger partial charge < -0.3 is 28.7 Å². The zero-order valence-corrected chi connectivity index (χ0v) is 23.3. The fraction of sp³-hybridized carbons (Fsp3) is 0.560. The number of hydrogen-bond donors (Lipinski definition) is 0. The van der Waals surface area contributed by atoms with E-state index in [1.165, 1.54) is 31.1 Å². The molecule has 0 spiro atoms. The van der Waals surface area contributed by atoms with E-state index in [4.69, 9.17) is 18.9 Å². The molecule has 0 saturated carbocycles. The van der Waals surface area contributed by atoms with E-state index in [2.05, 4.69) is 6.07 Å². The molecule has 3 aliphatic heterocycles. The Morgan fingerprint density at radius 3 is 2.47 bits per heavy atom. The summed E-state index contributed by atoms with van der Waals surface area (Å²) in [5, 5.41) is 8.75. The van der Waals surface area contributed by atoms with E-state index < -0.39 is 44.5 Å². The van der Waals surface area contributed by atoms with Gasteiger partial charge in [0.1, 0.15) is 13.2 Å². The van der Waals surface area contributed by atoms with Gasteiger partial charge in [0.05, 0.1) is 28.8 Å². The minimum Gasteiger partial charge on any atom is -0.454 e. The Morgan fingerprint density at radius 2 is 1.82 bits per heavy atom. The number of hydrogen-bond acceptors (Lipinski definition) is 11. The number of benzene rings is 1. The number of likely N-dealkylation sites (N-methyl/N-ethyl adjacent to an activating group) is 1. The zero-order valence-electron chi connectivity index (χ0n) is 21.7. The average molecular weight is 564 g/mol. The molecule has 4 rings (SSSR count). The SMILES string of the molecule is COCC(=O)SC1[C@H](C)C(=O)N2C(c3ccc4c(c3)OCO4)[C@@](C)(C#N)CC2(SC(=O)COC)C(=O)N1C. The van der Waals surface area contributed by atoms with Gasteiger partial charge in [0.2, 0.25) is 22.9 Å². The number of amides is 2. The van der Waals surface area contributed by atoms with Crippen LogP contribution in [0.3, 0.4) is 0 Å². The molecule has 2 fully saturated rings. The van der Waals surface area contributed by atoms with Gasteiger partial charge in [-0.15, -0.1) is 0 Å².